The standard InChI is InChI=1S/C17H26N6O3/c1-6-7-8-21-15(24)13-14(20(4)17(21)25)18-16-22(9-10-26-5)19-11(2)12(3)23(13)16/h12H,6-10H2,1-5H3/t12-/m0/s1. The van der Waals surface area contributed by atoms with Gasteiger partial charge in [-0.05, 0) is 20.3 Å². The molecule has 9 nitrogen and oxygen atoms in total. The lowest BCUT2D eigenvalue weighted by Crippen LogP contribution is -2.40. The van der Waals surface area contributed by atoms with Crippen LogP contribution in [-0.4, -0.2) is 44.7 Å². The van der Waals surface area contributed by atoms with Crippen LogP contribution in [0.15, 0.2) is 14.7 Å². The van der Waals surface area contributed by atoms with E-state index < -0.39 is 0 Å². The zero-order chi connectivity index (χ0) is 19.0. The SMILES string of the molecule is CCCCn1c(=O)c2c(nc3n2[C@@H](C)C(C)=NN3CCOC)n(C)c1=O. The monoisotopic (exact) mass is 362 g/mol. The van der Waals surface area contributed by atoms with Crippen molar-refractivity contribution in [3.63, 3.8) is 0 Å². The molecule has 0 unspecified atom stereocenters. The number of imidazole rings is 1. The molecule has 0 amide bonds. The molecule has 26 heavy (non-hydrogen) atoms. The number of rotatable bonds is 6. The molecule has 1 aliphatic heterocycles. The molecule has 0 N–H and O–H groups in total. The Bertz CT molecular complexity index is 968. The molecule has 9 heteroatoms. The van der Waals surface area contributed by atoms with Crippen LogP contribution in [0.5, 0.6) is 0 Å². The van der Waals surface area contributed by atoms with Crippen molar-refractivity contribution in [3.8, 4) is 0 Å². The number of aromatic nitrogens is 4. The molecule has 0 saturated heterocycles. The van der Waals surface area contributed by atoms with Gasteiger partial charge in [-0.15, -0.1) is 0 Å². The van der Waals surface area contributed by atoms with E-state index in [1.807, 2.05) is 25.3 Å². The van der Waals surface area contributed by atoms with Crippen LogP contribution in [0.3, 0.4) is 0 Å². The Hall–Kier alpha value is -2.42. The van der Waals surface area contributed by atoms with E-state index in [4.69, 9.17) is 4.74 Å². The van der Waals surface area contributed by atoms with Crippen LogP contribution < -0.4 is 16.3 Å². The van der Waals surface area contributed by atoms with Crippen molar-refractivity contribution in [2.24, 2.45) is 12.1 Å². The minimum Gasteiger partial charge on any atom is -0.383 e. The zero-order valence-corrected chi connectivity index (χ0v) is 16.0. The van der Waals surface area contributed by atoms with Crippen LogP contribution in [0.2, 0.25) is 0 Å². The number of aryl methyl sites for hydroxylation is 1. The van der Waals surface area contributed by atoms with Gasteiger partial charge in [0.2, 0.25) is 5.95 Å². The highest BCUT2D eigenvalue weighted by Crippen LogP contribution is 2.29. The summed E-state index contributed by atoms with van der Waals surface area (Å²) in [6, 6.07) is -0.112. The van der Waals surface area contributed by atoms with Gasteiger partial charge in [0.1, 0.15) is 0 Å². The van der Waals surface area contributed by atoms with Gasteiger partial charge in [-0.25, -0.2) is 9.80 Å². The first kappa shape index (κ1) is 18.4. The third-order valence-electron chi connectivity index (χ3n) is 4.90. The Morgan fingerprint density at radius 2 is 1.96 bits per heavy atom. The molecule has 3 heterocycles. The topological polar surface area (TPSA) is 86.7 Å². The lowest BCUT2D eigenvalue weighted by molar-refractivity contribution is 0.204. The predicted molar refractivity (Wildman–Crippen MR) is 101 cm³/mol. The van der Waals surface area contributed by atoms with E-state index in [1.165, 1.54) is 9.13 Å². The van der Waals surface area contributed by atoms with Crippen LogP contribution in [0.4, 0.5) is 5.95 Å². The number of unbranched alkanes of at least 4 members (excludes halogenated alkanes) is 1. The molecule has 2 aromatic heterocycles. The van der Waals surface area contributed by atoms with Crippen molar-refractivity contribution in [1.29, 1.82) is 0 Å². The molecular formula is C17H26N6O3. The van der Waals surface area contributed by atoms with E-state index in [0.717, 1.165) is 18.6 Å². The summed E-state index contributed by atoms with van der Waals surface area (Å²) in [5, 5.41) is 6.32. The first-order valence-electron chi connectivity index (χ1n) is 8.95. The maximum atomic E-state index is 13.1. The van der Waals surface area contributed by atoms with Gasteiger partial charge in [-0.3, -0.25) is 18.5 Å². The molecule has 0 bridgehead atoms. The summed E-state index contributed by atoms with van der Waals surface area (Å²) in [6.07, 6.45) is 1.68. The minimum absolute atomic E-state index is 0.112. The van der Waals surface area contributed by atoms with Crippen molar-refractivity contribution in [2.45, 2.75) is 46.2 Å². The van der Waals surface area contributed by atoms with Crippen LogP contribution in [-0.2, 0) is 18.3 Å². The lowest BCUT2D eigenvalue weighted by Gasteiger charge is -2.28. The second kappa shape index (κ2) is 7.06. The Morgan fingerprint density at radius 1 is 1.23 bits per heavy atom. The van der Waals surface area contributed by atoms with Crippen molar-refractivity contribution in [3.05, 3.63) is 20.8 Å². The number of nitrogens with zero attached hydrogens (tertiary/aromatic N) is 6. The van der Waals surface area contributed by atoms with Gasteiger partial charge in [0.15, 0.2) is 11.2 Å². The summed E-state index contributed by atoms with van der Waals surface area (Å²) in [4.78, 5) is 30.3. The smallest absolute Gasteiger partial charge is 0.332 e. The van der Waals surface area contributed by atoms with Crippen molar-refractivity contribution < 1.29 is 4.74 Å². The molecule has 2 aromatic rings. The van der Waals surface area contributed by atoms with E-state index in [1.54, 1.807) is 19.2 Å². The Kier molecular flexibility index (Phi) is 4.99. The fourth-order valence-corrected chi connectivity index (χ4v) is 3.22. The van der Waals surface area contributed by atoms with E-state index in [-0.39, 0.29) is 17.3 Å². The number of hydrogen-bond acceptors (Lipinski definition) is 6. The third-order valence-corrected chi connectivity index (χ3v) is 4.90. The van der Waals surface area contributed by atoms with Gasteiger partial charge in [0.05, 0.1) is 24.9 Å². The van der Waals surface area contributed by atoms with E-state index >= 15 is 0 Å². The number of hydrogen-bond donors (Lipinski definition) is 0. The average molecular weight is 362 g/mol. The summed E-state index contributed by atoms with van der Waals surface area (Å²) in [6.45, 7) is 7.35. The summed E-state index contributed by atoms with van der Waals surface area (Å²) >= 11 is 0. The maximum absolute atomic E-state index is 13.1. The molecule has 0 spiro atoms. The van der Waals surface area contributed by atoms with Crippen LogP contribution in [0.1, 0.15) is 39.7 Å². The van der Waals surface area contributed by atoms with Gasteiger partial charge in [-0.1, -0.05) is 13.3 Å². The largest absolute Gasteiger partial charge is 0.383 e. The second-order valence-electron chi connectivity index (χ2n) is 6.64. The third kappa shape index (κ3) is 2.76. The highest BCUT2D eigenvalue weighted by atomic mass is 16.5. The molecule has 0 radical (unpaired) electrons. The van der Waals surface area contributed by atoms with Crippen LogP contribution >= 0.6 is 0 Å². The normalized spacial score (nSPS) is 16.9. The van der Waals surface area contributed by atoms with Gasteiger partial charge >= 0.3 is 5.69 Å². The van der Waals surface area contributed by atoms with Gasteiger partial charge in [-0.2, -0.15) is 10.1 Å². The van der Waals surface area contributed by atoms with Crippen LogP contribution in [0, 0.1) is 0 Å². The molecule has 3 rings (SSSR count). The van der Waals surface area contributed by atoms with E-state index in [0.29, 0.717) is 36.8 Å². The summed E-state index contributed by atoms with van der Waals surface area (Å²) in [5.74, 6) is 0.565. The molecule has 1 atom stereocenters. The van der Waals surface area contributed by atoms with Crippen LogP contribution in [0.25, 0.3) is 11.2 Å². The zero-order valence-electron chi connectivity index (χ0n) is 16.0. The number of hydrazone groups is 1. The molecule has 0 saturated carbocycles. The predicted octanol–water partition coefficient (Wildman–Crippen LogP) is 1.10. The average Bonchev–Trinajstić information content (AvgIpc) is 3.03. The van der Waals surface area contributed by atoms with Gasteiger partial charge in [0, 0.05) is 20.7 Å². The van der Waals surface area contributed by atoms with Crippen molar-refractivity contribution in [2.75, 3.05) is 25.3 Å². The van der Waals surface area contributed by atoms with Crippen molar-refractivity contribution in [1.82, 2.24) is 18.7 Å². The first-order chi connectivity index (χ1) is 12.4. The molecule has 0 aromatic carbocycles. The maximum Gasteiger partial charge on any atom is 0.332 e. The molecule has 0 aliphatic carbocycles. The summed E-state index contributed by atoms with van der Waals surface area (Å²) in [7, 11) is 3.28. The Morgan fingerprint density at radius 3 is 2.62 bits per heavy atom. The fraction of sp³-hybridized carbons (Fsp3) is 0.647. The fourth-order valence-electron chi connectivity index (χ4n) is 3.22. The number of anilines is 1. The van der Waals surface area contributed by atoms with E-state index in [2.05, 4.69) is 10.1 Å². The molecule has 1 aliphatic rings. The first-order valence-corrected chi connectivity index (χ1v) is 8.95. The Labute approximate surface area is 151 Å². The lowest BCUT2D eigenvalue weighted by atomic mass is 10.2. The molecule has 0 fully saturated rings. The highest BCUT2D eigenvalue weighted by Gasteiger charge is 2.30. The molecular weight excluding hydrogens is 336 g/mol. The van der Waals surface area contributed by atoms with Crippen molar-refractivity contribution >= 4 is 22.8 Å². The number of ether oxygens (including phenoxy) is 1. The molecule has 142 valence electrons. The summed E-state index contributed by atoms with van der Waals surface area (Å²) < 4.78 is 9.81. The van der Waals surface area contributed by atoms with E-state index in [9.17, 15) is 9.59 Å². The highest BCUT2D eigenvalue weighted by molar-refractivity contribution is 5.91. The number of fused-ring (bicyclic) bond motifs is 3. The Balaban J connectivity index is 2.29. The summed E-state index contributed by atoms with van der Waals surface area (Å²) in [5.41, 5.74) is 1.09. The number of methoxy groups -OCH3 is 1. The minimum atomic E-state index is -0.333. The van der Waals surface area contributed by atoms with Gasteiger partial charge in [0.25, 0.3) is 5.56 Å². The quantitative estimate of drug-likeness (QED) is 0.768. The van der Waals surface area contributed by atoms with Gasteiger partial charge < -0.3 is 4.74 Å². The second-order valence-corrected chi connectivity index (χ2v) is 6.64.